The van der Waals surface area contributed by atoms with Crippen LogP contribution >= 0.6 is 0 Å². The lowest BCUT2D eigenvalue weighted by atomic mass is 10.1. The molecule has 0 spiro atoms. The Morgan fingerprint density at radius 2 is 1.16 bits per heavy atom. The molecule has 0 saturated carbocycles. The molecule has 0 unspecified atom stereocenters. The first-order chi connectivity index (χ1) is 18.7. The second-order valence-corrected chi connectivity index (χ2v) is 8.64. The number of hydrogen-bond acceptors (Lipinski definition) is 8. The molecule has 0 aliphatic heterocycles. The fourth-order valence-corrected chi connectivity index (χ4v) is 3.93. The van der Waals surface area contributed by atoms with Crippen LogP contribution in [-0.2, 0) is 35.8 Å². The summed E-state index contributed by atoms with van der Waals surface area (Å²) in [4.78, 5) is 6.76. The molecule has 0 radical (unpaired) electrons. The van der Waals surface area contributed by atoms with Crippen LogP contribution in [0.2, 0.25) is 0 Å². The van der Waals surface area contributed by atoms with Gasteiger partial charge in [-0.3, -0.25) is 0 Å². The van der Waals surface area contributed by atoms with Crippen molar-refractivity contribution in [3.05, 3.63) is 101 Å². The maximum absolute atomic E-state index is 5.87. The summed E-state index contributed by atoms with van der Waals surface area (Å²) in [5.74, 6) is 2.42. The predicted molar refractivity (Wildman–Crippen MR) is 145 cm³/mol. The largest absolute Gasteiger partial charge is 0.497 e. The number of hydrogen-bond donors (Lipinski definition) is 0. The first kappa shape index (κ1) is 27.0. The van der Waals surface area contributed by atoms with Crippen molar-refractivity contribution < 1.29 is 28.1 Å². The number of oxazole rings is 1. The zero-order valence-electron chi connectivity index (χ0n) is 22.1. The highest BCUT2D eigenvalue weighted by Gasteiger charge is 2.16. The highest BCUT2D eigenvalue weighted by molar-refractivity contribution is 5.37. The van der Waals surface area contributed by atoms with Crippen molar-refractivity contribution in [1.29, 1.82) is 0 Å². The van der Waals surface area contributed by atoms with Crippen LogP contribution in [0.5, 0.6) is 17.2 Å². The van der Waals surface area contributed by atoms with Crippen LogP contribution in [0.25, 0.3) is 0 Å². The second-order valence-electron chi connectivity index (χ2n) is 8.64. The van der Waals surface area contributed by atoms with Gasteiger partial charge in [-0.1, -0.05) is 36.4 Å². The maximum Gasteiger partial charge on any atom is 0.298 e. The minimum atomic E-state index is 0.332. The van der Waals surface area contributed by atoms with Crippen LogP contribution < -0.4 is 19.1 Å². The Balaban J connectivity index is 1.33. The van der Waals surface area contributed by atoms with Gasteiger partial charge in [0, 0.05) is 13.1 Å². The van der Waals surface area contributed by atoms with E-state index in [1.807, 2.05) is 60.7 Å². The Morgan fingerprint density at radius 1 is 0.658 bits per heavy atom. The number of methoxy groups -OCH3 is 3. The molecule has 0 aliphatic carbocycles. The third kappa shape index (κ3) is 7.99. The zero-order chi connectivity index (χ0) is 26.6. The van der Waals surface area contributed by atoms with Gasteiger partial charge >= 0.3 is 0 Å². The number of aromatic nitrogens is 1. The van der Waals surface area contributed by atoms with Gasteiger partial charge in [-0.15, -0.1) is 0 Å². The molecule has 4 rings (SSSR count). The van der Waals surface area contributed by atoms with E-state index in [4.69, 9.17) is 28.1 Å². The van der Waals surface area contributed by atoms with Crippen molar-refractivity contribution in [3.8, 4) is 17.2 Å². The van der Waals surface area contributed by atoms with E-state index in [1.54, 1.807) is 27.6 Å². The first-order valence-corrected chi connectivity index (χ1v) is 12.4. The van der Waals surface area contributed by atoms with Crippen molar-refractivity contribution in [3.63, 3.8) is 0 Å². The van der Waals surface area contributed by atoms with Crippen LogP contribution in [0.3, 0.4) is 0 Å². The molecule has 38 heavy (non-hydrogen) atoms. The fraction of sp³-hybridized carbons (Fsp3) is 0.300. The van der Waals surface area contributed by atoms with Crippen LogP contribution in [0.15, 0.2) is 83.5 Å². The molecule has 0 N–H and O–H groups in total. The maximum atomic E-state index is 5.87. The summed E-state index contributed by atoms with van der Waals surface area (Å²) in [7, 11) is 4.98. The molecule has 0 fully saturated rings. The third-order valence-corrected chi connectivity index (χ3v) is 5.85. The van der Waals surface area contributed by atoms with Crippen molar-refractivity contribution in [2.24, 2.45) is 0 Å². The van der Waals surface area contributed by atoms with Gasteiger partial charge in [-0.05, 0) is 53.1 Å². The number of ether oxygens (including phenoxy) is 5. The van der Waals surface area contributed by atoms with Crippen LogP contribution in [0.1, 0.15) is 22.4 Å². The molecule has 0 atom stereocenters. The molecule has 0 aliphatic rings. The van der Waals surface area contributed by atoms with E-state index in [9.17, 15) is 0 Å². The van der Waals surface area contributed by atoms with Gasteiger partial charge in [-0.25, -0.2) is 0 Å². The standard InChI is InChI=1S/C30H34N2O6/c1-33-27-10-4-7-23(15-27)18-32(19-24-8-5-11-28(16-24)34-2)30-31-26(22-38-30)21-37-14-13-36-20-25-9-6-12-29(17-25)35-3/h4-12,15-17,22H,13-14,18-21H2,1-3H3. The van der Waals surface area contributed by atoms with Crippen LogP contribution in [0.4, 0.5) is 6.01 Å². The summed E-state index contributed by atoms with van der Waals surface area (Å²) in [6.07, 6.45) is 1.64. The normalized spacial score (nSPS) is 10.8. The number of benzene rings is 3. The molecule has 0 saturated heterocycles. The lowest BCUT2D eigenvalue weighted by Gasteiger charge is -2.21. The Hall–Kier alpha value is -4.01. The van der Waals surface area contributed by atoms with Crippen LogP contribution in [-0.4, -0.2) is 39.5 Å². The molecule has 3 aromatic carbocycles. The lowest BCUT2D eigenvalue weighted by Crippen LogP contribution is -2.22. The van der Waals surface area contributed by atoms with E-state index in [-0.39, 0.29) is 0 Å². The van der Waals surface area contributed by atoms with Gasteiger partial charge in [0.05, 0.1) is 47.8 Å². The van der Waals surface area contributed by atoms with Crippen molar-refractivity contribution >= 4 is 6.01 Å². The Kier molecular flexibility index (Phi) is 10.0. The first-order valence-electron chi connectivity index (χ1n) is 12.4. The Labute approximate surface area is 223 Å². The van der Waals surface area contributed by atoms with Crippen LogP contribution in [0, 0.1) is 0 Å². The fourth-order valence-electron chi connectivity index (χ4n) is 3.93. The minimum absolute atomic E-state index is 0.332. The number of rotatable bonds is 15. The zero-order valence-corrected chi connectivity index (χ0v) is 22.1. The molecule has 8 nitrogen and oxygen atoms in total. The molecular weight excluding hydrogens is 484 g/mol. The summed E-state index contributed by atoms with van der Waals surface area (Å²) < 4.78 is 33.4. The summed E-state index contributed by atoms with van der Waals surface area (Å²) in [6.45, 7) is 2.93. The van der Waals surface area contributed by atoms with Crippen molar-refractivity contribution in [2.75, 3.05) is 39.4 Å². The Bertz CT molecular complexity index is 1230. The number of nitrogens with zero attached hydrogens (tertiary/aromatic N) is 2. The van der Waals surface area contributed by atoms with Gasteiger partial charge in [-0.2, -0.15) is 4.98 Å². The topological polar surface area (TPSA) is 75.4 Å². The molecule has 0 amide bonds. The quantitative estimate of drug-likeness (QED) is 0.187. The average molecular weight is 519 g/mol. The van der Waals surface area contributed by atoms with E-state index in [0.717, 1.165) is 33.9 Å². The van der Waals surface area contributed by atoms with E-state index < -0.39 is 0 Å². The SMILES string of the molecule is COc1cccc(COCCOCc2coc(N(Cc3cccc(OC)c3)Cc3cccc(OC)c3)n2)c1. The molecule has 200 valence electrons. The monoisotopic (exact) mass is 518 g/mol. The average Bonchev–Trinajstić information content (AvgIpc) is 3.44. The van der Waals surface area contributed by atoms with Gasteiger partial charge in [0.25, 0.3) is 6.01 Å². The van der Waals surface area contributed by atoms with Gasteiger partial charge < -0.3 is 33.0 Å². The molecule has 1 heterocycles. The molecule has 1 aromatic heterocycles. The summed E-state index contributed by atoms with van der Waals surface area (Å²) >= 11 is 0. The molecular formula is C30H34N2O6. The van der Waals surface area contributed by atoms with Crippen molar-refractivity contribution in [2.45, 2.75) is 26.3 Å². The van der Waals surface area contributed by atoms with Gasteiger partial charge in [0.2, 0.25) is 0 Å². The molecule has 8 heteroatoms. The molecule has 0 bridgehead atoms. The predicted octanol–water partition coefficient (Wildman–Crippen LogP) is 5.64. The minimum Gasteiger partial charge on any atom is -0.497 e. The highest BCUT2D eigenvalue weighted by Crippen LogP contribution is 2.23. The second kappa shape index (κ2) is 14.1. The Morgan fingerprint density at radius 3 is 1.71 bits per heavy atom. The smallest absolute Gasteiger partial charge is 0.298 e. The lowest BCUT2D eigenvalue weighted by molar-refractivity contribution is 0.0328. The summed E-state index contributed by atoms with van der Waals surface area (Å²) in [5.41, 5.74) is 3.93. The molecule has 4 aromatic rings. The van der Waals surface area contributed by atoms with E-state index in [1.165, 1.54) is 0 Å². The summed E-state index contributed by atoms with van der Waals surface area (Å²) in [6, 6.07) is 24.3. The van der Waals surface area contributed by atoms with E-state index in [2.05, 4.69) is 22.0 Å². The van der Waals surface area contributed by atoms with Gasteiger partial charge in [0.15, 0.2) is 0 Å². The van der Waals surface area contributed by atoms with E-state index >= 15 is 0 Å². The van der Waals surface area contributed by atoms with E-state index in [0.29, 0.717) is 51.2 Å². The number of anilines is 1. The van der Waals surface area contributed by atoms with Crippen molar-refractivity contribution in [1.82, 2.24) is 4.98 Å². The highest BCUT2D eigenvalue weighted by atomic mass is 16.5. The summed E-state index contributed by atoms with van der Waals surface area (Å²) in [5, 5.41) is 0. The third-order valence-electron chi connectivity index (χ3n) is 5.85. The van der Waals surface area contributed by atoms with Gasteiger partial charge in [0.1, 0.15) is 29.2 Å².